The molecule has 3 N–H and O–H groups in total. The van der Waals surface area contributed by atoms with Crippen LogP contribution in [-0.2, 0) is 0 Å². The van der Waals surface area contributed by atoms with Crippen LogP contribution in [0.2, 0.25) is 0 Å². The van der Waals surface area contributed by atoms with Gasteiger partial charge in [0.15, 0.2) is 0 Å². The van der Waals surface area contributed by atoms with Gasteiger partial charge in [0.05, 0.1) is 0 Å². The zero-order chi connectivity index (χ0) is 13.1. The minimum Gasteiger partial charge on any atom is -0.389 e. The molecule has 1 atom stereocenters. The van der Waals surface area contributed by atoms with Gasteiger partial charge in [0.1, 0.15) is 4.99 Å². The number of hydrogen-bond acceptors (Lipinski definition) is 3. The fourth-order valence-corrected chi connectivity index (χ4v) is 2.72. The lowest BCUT2D eigenvalue weighted by atomic mass is 10.1. The molecule has 1 fully saturated rings. The van der Waals surface area contributed by atoms with E-state index in [-0.39, 0.29) is 0 Å². The molecule has 0 radical (unpaired) electrons. The van der Waals surface area contributed by atoms with Crippen LogP contribution < -0.4 is 11.1 Å². The molecule has 0 bridgehead atoms. The second kappa shape index (κ2) is 5.67. The van der Waals surface area contributed by atoms with Gasteiger partial charge in [0.25, 0.3) is 0 Å². The average Bonchev–Trinajstić information content (AvgIpc) is 2.73. The van der Waals surface area contributed by atoms with Gasteiger partial charge in [-0.1, -0.05) is 24.4 Å². The molecule has 0 aromatic heterocycles. The first-order valence-electron chi connectivity index (χ1n) is 6.39. The second-order valence-electron chi connectivity index (χ2n) is 5.16. The van der Waals surface area contributed by atoms with Crippen molar-refractivity contribution < 1.29 is 0 Å². The van der Waals surface area contributed by atoms with E-state index in [1.165, 1.54) is 25.1 Å². The molecule has 98 valence electrons. The van der Waals surface area contributed by atoms with Gasteiger partial charge in [0.2, 0.25) is 0 Å². The maximum absolute atomic E-state index is 5.77. The number of aryl methyl sites for hydroxylation is 1. The fourth-order valence-electron chi connectivity index (χ4n) is 2.55. The SMILES string of the molecule is Cc1cccc(C(N)=S)c1NCC1CCN(C)C1. The van der Waals surface area contributed by atoms with Crippen LogP contribution in [0.5, 0.6) is 0 Å². The quantitative estimate of drug-likeness (QED) is 0.815. The first-order chi connectivity index (χ1) is 8.58. The summed E-state index contributed by atoms with van der Waals surface area (Å²) in [4.78, 5) is 2.84. The summed E-state index contributed by atoms with van der Waals surface area (Å²) in [6.07, 6.45) is 1.26. The van der Waals surface area contributed by atoms with E-state index in [4.69, 9.17) is 18.0 Å². The first-order valence-corrected chi connectivity index (χ1v) is 6.80. The Morgan fingerprint density at radius 2 is 2.33 bits per heavy atom. The smallest absolute Gasteiger partial charge is 0.106 e. The summed E-state index contributed by atoms with van der Waals surface area (Å²) in [6.45, 7) is 5.44. The summed E-state index contributed by atoms with van der Waals surface area (Å²) in [5, 5.41) is 3.53. The van der Waals surface area contributed by atoms with Crippen molar-refractivity contribution in [2.45, 2.75) is 13.3 Å². The molecule has 1 aliphatic rings. The van der Waals surface area contributed by atoms with Crippen molar-refractivity contribution in [2.75, 3.05) is 32.0 Å². The van der Waals surface area contributed by atoms with E-state index in [1.54, 1.807) is 0 Å². The maximum Gasteiger partial charge on any atom is 0.106 e. The number of para-hydroxylation sites is 1. The molecular weight excluding hydrogens is 242 g/mol. The van der Waals surface area contributed by atoms with Crippen molar-refractivity contribution in [3.63, 3.8) is 0 Å². The lowest BCUT2D eigenvalue weighted by Gasteiger charge is -2.17. The number of nitrogens with two attached hydrogens (primary N) is 1. The molecule has 0 amide bonds. The van der Waals surface area contributed by atoms with Crippen LogP contribution in [0.1, 0.15) is 17.5 Å². The largest absolute Gasteiger partial charge is 0.389 e. The van der Waals surface area contributed by atoms with Crippen LogP contribution in [0.4, 0.5) is 5.69 Å². The summed E-state index contributed by atoms with van der Waals surface area (Å²) in [6, 6.07) is 6.07. The predicted molar refractivity (Wildman–Crippen MR) is 81.2 cm³/mol. The lowest BCUT2D eigenvalue weighted by molar-refractivity contribution is 0.399. The zero-order valence-corrected chi connectivity index (χ0v) is 11.9. The highest BCUT2D eigenvalue weighted by molar-refractivity contribution is 7.80. The Bertz CT molecular complexity index is 445. The van der Waals surface area contributed by atoms with Gasteiger partial charge in [-0.25, -0.2) is 0 Å². The molecule has 4 heteroatoms. The van der Waals surface area contributed by atoms with Crippen LogP contribution in [0, 0.1) is 12.8 Å². The molecule has 1 aliphatic heterocycles. The van der Waals surface area contributed by atoms with Gasteiger partial charge >= 0.3 is 0 Å². The predicted octanol–water partition coefficient (Wildman–Crippen LogP) is 1.99. The monoisotopic (exact) mass is 263 g/mol. The van der Waals surface area contributed by atoms with Gasteiger partial charge in [-0.05, 0) is 44.5 Å². The molecule has 1 heterocycles. The van der Waals surface area contributed by atoms with E-state index < -0.39 is 0 Å². The number of nitrogens with zero attached hydrogens (tertiary/aromatic N) is 1. The Balaban J connectivity index is 2.06. The van der Waals surface area contributed by atoms with E-state index in [0.29, 0.717) is 10.9 Å². The first kappa shape index (κ1) is 13.3. The maximum atomic E-state index is 5.77. The average molecular weight is 263 g/mol. The van der Waals surface area contributed by atoms with Gasteiger partial charge in [0, 0.05) is 24.3 Å². The number of anilines is 1. The third-order valence-electron chi connectivity index (χ3n) is 3.59. The molecule has 1 unspecified atom stereocenters. The van der Waals surface area contributed by atoms with Crippen molar-refractivity contribution in [3.05, 3.63) is 29.3 Å². The van der Waals surface area contributed by atoms with E-state index >= 15 is 0 Å². The van der Waals surface area contributed by atoms with Crippen molar-refractivity contribution in [2.24, 2.45) is 11.7 Å². The highest BCUT2D eigenvalue weighted by atomic mass is 32.1. The minimum atomic E-state index is 0.463. The molecule has 0 spiro atoms. The lowest BCUT2D eigenvalue weighted by Crippen LogP contribution is -2.21. The van der Waals surface area contributed by atoms with E-state index in [9.17, 15) is 0 Å². The van der Waals surface area contributed by atoms with Crippen LogP contribution in [0.25, 0.3) is 0 Å². The molecule has 0 aliphatic carbocycles. The Morgan fingerprint density at radius 3 is 2.94 bits per heavy atom. The highest BCUT2D eigenvalue weighted by Gasteiger charge is 2.19. The summed E-state index contributed by atoms with van der Waals surface area (Å²) < 4.78 is 0. The van der Waals surface area contributed by atoms with Gasteiger partial charge in [-0.3, -0.25) is 0 Å². The van der Waals surface area contributed by atoms with Crippen molar-refractivity contribution in [3.8, 4) is 0 Å². The van der Waals surface area contributed by atoms with E-state index in [2.05, 4.69) is 30.3 Å². The molecule has 1 saturated heterocycles. The Labute approximate surface area is 114 Å². The van der Waals surface area contributed by atoms with E-state index in [1.807, 2.05) is 12.1 Å². The topological polar surface area (TPSA) is 41.3 Å². The normalized spacial score (nSPS) is 20.0. The molecule has 18 heavy (non-hydrogen) atoms. The minimum absolute atomic E-state index is 0.463. The van der Waals surface area contributed by atoms with Gasteiger partial charge in [-0.15, -0.1) is 0 Å². The molecule has 0 saturated carbocycles. The highest BCUT2D eigenvalue weighted by Crippen LogP contribution is 2.22. The van der Waals surface area contributed by atoms with Crippen LogP contribution in [-0.4, -0.2) is 36.6 Å². The Morgan fingerprint density at radius 1 is 1.56 bits per heavy atom. The Hall–Kier alpha value is -1.13. The van der Waals surface area contributed by atoms with Crippen LogP contribution >= 0.6 is 12.2 Å². The second-order valence-corrected chi connectivity index (χ2v) is 5.60. The number of thiocarbonyl (C=S) groups is 1. The molecule has 1 aromatic carbocycles. The van der Waals surface area contributed by atoms with Crippen molar-refractivity contribution in [1.29, 1.82) is 0 Å². The van der Waals surface area contributed by atoms with Crippen LogP contribution in [0.3, 0.4) is 0 Å². The number of benzene rings is 1. The van der Waals surface area contributed by atoms with Gasteiger partial charge < -0.3 is 16.0 Å². The van der Waals surface area contributed by atoms with Gasteiger partial charge in [-0.2, -0.15) is 0 Å². The van der Waals surface area contributed by atoms with Crippen LogP contribution in [0.15, 0.2) is 18.2 Å². The molecule has 2 rings (SSSR count). The zero-order valence-electron chi connectivity index (χ0n) is 11.1. The summed E-state index contributed by atoms with van der Waals surface area (Å²) in [5.41, 5.74) is 9.02. The van der Waals surface area contributed by atoms with E-state index in [0.717, 1.165) is 17.8 Å². The third-order valence-corrected chi connectivity index (χ3v) is 3.81. The third kappa shape index (κ3) is 3.00. The van der Waals surface area contributed by atoms with Crippen molar-refractivity contribution >= 4 is 22.9 Å². The standard InChI is InChI=1S/C14H21N3S/c1-10-4-3-5-12(14(15)18)13(10)16-8-11-6-7-17(2)9-11/h3-5,11,16H,6-9H2,1-2H3,(H2,15,18). The summed E-state index contributed by atoms with van der Waals surface area (Å²) >= 11 is 5.11. The number of rotatable bonds is 4. The summed E-state index contributed by atoms with van der Waals surface area (Å²) in [5.74, 6) is 0.716. The fraction of sp³-hybridized carbons (Fsp3) is 0.500. The molecule has 1 aromatic rings. The molecule has 3 nitrogen and oxygen atoms in total. The Kier molecular flexibility index (Phi) is 4.19. The number of nitrogens with one attached hydrogen (secondary N) is 1. The summed E-state index contributed by atoms with van der Waals surface area (Å²) in [7, 11) is 2.17. The molecular formula is C14H21N3S. The number of hydrogen-bond donors (Lipinski definition) is 2. The van der Waals surface area contributed by atoms with Crippen molar-refractivity contribution in [1.82, 2.24) is 4.90 Å². The number of likely N-dealkylation sites (tertiary alicyclic amines) is 1.